The molecular formula is C14H18N2O2. The highest BCUT2D eigenvalue weighted by molar-refractivity contribution is 5.48. The van der Waals surface area contributed by atoms with E-state index in [1.165, 1.54) is 0 Å². The largest absolute Gasteiger partial charge is 0.497 e. The highest BCUT2D eigenvalue weighted by Gasteiger charge is 2.06. The minimum atomic E-state index is 0.437. The smallest absolute Gasteiger partial charge is 0.123 e. The number of hydrogen-bond donors (Lipinski definition) is 1. The molecular weight excluding hydrogens is 228 g/mol. The second-order valence-electron chi connectivity index (χ2n) is 4.13. The summed E-state index contributed by atoms with van der Waals surface area (Å²) in [6.07, 6.45) is 0. The third-order valence-corrected chi connectivity index (χ3v) is 2.82. The summed E-state index contributed by atoms with van der Waals surface area (Å²) in [5, 5.41) is 0. The van der Waals surface area contributed by atoms with Crippen LogP contribution in [0.15, 0.2) is 40.8 Å². The molecule has 0 aliphatic carbocycles. The molecule has 0 fully saturated rings. The van der Waals surface area contributed by atoms with Crippen LogP contribution in [0.4, 0.5) is 5.69 Å². The number of rotatable bonds is 5. The fraction of sp³-hybridized carbons (Fsp3) is 0.286. The van der Waals surface area contributed by atoms with Crippen molar-refractivity contribution in [3.05, 3.63) is 47.9 Å². The molecule has 0 radical (unpaired) electrons. The molecule has 0 aliphatic rings. The lowest BCUT2D eigenvalue weighted by Gasteiger charge is -2.18. The van der Waals surface area contributed by atoms with Crippen LogP contribution in [-0.4, -0.2) is 14.2 Å². The van der Waals surface area contributed by atoms with Crippen molar-refractivity contribution in [1.29, 1.82) is 0 Å². The molecule has 0 saturated heterocycles. The maximum Gasteiger partial charge on any atom is 0.123 e. The summed E-state index contributed by atoms with van der Waals surface area (Å²) in [5.74, 6) is 2.58. The fourth-order valence-electron chi connectivity index (χ4n) is 1.78. The number of nitrogens with zero attached hydrogens (tertiary/aromatic N) is 1. The molecule has 2 rings (SSSR count). The SMILES string of the molecule is COc1ccc(N(C)Cc2ccc(CN)o2)cc1. The molecule has 2 N–H and O–H groups in total. The molecule has 0 amide bonds. The maximum atomic E-state index is 5.58. The Labute approximate surface area is 107 Å². The van der Waals surface area contributed by atoms with Crippen LogP contribution < -0.4 is 15.4 Å². The Morgan fingerprint density at radius 3 is 2.33 bits per heavy atom. The van der Waals surface area contributed by atoms with E-state index in [4.69, 9.17) is 14.9 Å². The van der Waals surface area contributed by atoms with Crippen molar-refractivity contribution in [2.24, 2.45) is 5.73 Å². The quantitative estimate of drug-likeness (QED) is 0.880. The van der Waals surface area contributed by atoms with Crippen LogP contribution in [0.25, 0.3) is 0 Å². The fourth-order valence-corrected chi connectivity index (χ4v) is 1.78. The molecule has 4 nitrogen and oxygen atoms in total. The molecule has 1 aromatic carbocycles. The van der Waals surface area contributed by atoms with Crippen LogP contribution >= 0.6 is 0 Å². The van der Waals surface area contributed by atoms with Gasteiger partial charge in [-0.1, -0.05) is 0 Å². The summed E-state index contributed by atoms with van der Waals surface area (Å²) in [6, 6.07) is 11.8. The molecule has 0 saturated carbocycles. The molecule has 0 bridgehead atoms. The topological polar surface area (TPSA) is 51.6 Å². The summed E-state index contributed by atoms with van der Waals surface area (Å²) in [5.41, 5.74) is 6.63. The average Bonchev–Trinajstić information content (AvgIpc) is 2.86. The van der Waals surface area contributed by atoms with Crippen LogP contribution in [0.2, 0.25) is 0 Å². The zero-order valence-corrected chi connectivity index (χ0v) is 10.7. The first-order valence-electron chi connectivity index (χ1n) is 5.86. The van der Waals surface area contributed by atoms with Crippen LogP contribution in [0.3, 0.4) is 0 Å². The Hall–Kier alpha value is -1.94. The van der Waals surface area contributed by atoms with E-state index in [2.05, 4.69) is 4.90 Å². The van der Waals surface area contributed by atoms with Gasteiger partial charge in [-0.15, -0.1) is 0 Å². The van der Waals surface area contributed by atoms with E-state index >= 15 is 0 Å². The molecule has 2 aromatic rings. The van der Waals surface area contributed by atoms with E-state index < -0.39 is 0 Å². The summed E-state index contributed by atoms with van der Waals surface area (Å²) in [4.78, 5) is 2.11. The monoisotopic (exact) mass is 246 g/mol. The van der Waals surface area contributed by atoms with Crippen LogP contribution in [0.5, 0.6) is 5.75 Å². The zero-order chi connectivity index (χ0) is 13.0. The second-order valence-corrected chi connectivity index (χ2v) is 4.13. The predicted octanol–water partition coefficient (Wildman–Crippen LogP) is 2.38. The number of anilines is 1. The number of nitrogens with two attached hydrogens (primary N) is 1. The summed E-state index contributed by atoms with van der Waals surface area (Å²) in [7, 11) is 3.68. The van der Waals surface area contributed by atoms with E-state index in [0.29, 0.717) is 13.1 Å². The number of hydrogen-bond acceptors (Lipinski definition) is 4. The van der Waals surface area contributed by atoms with Gasteiger partial charge in [0.2, 0.25) is 0 Å². The Kier molecular flexibility index (Phi) is 3.89. The molecule has 0 unspecified atom stereocenters. The van der Waals surface area contributed by atoms with Gasteiger partial charge in [-0.3, -0.25) is 0 Å². The minimum Gasteiger partial charge on any atom is -0.497 e. The standard InChI is InChI=1S/C14H18N2O2/c1-16(10-14-8-7-13(9-15)18-14)11-3-5-12(17-2)6-4-11/h3-8H,9-10,15H2,1-2H3. The normalized spacial score (nSPS) is 10.4. The molecule has 0 spiro atoms. The Morgan fingerprint density at radius 1 is 1.11 bits per heavy atom. The Bertz CT molecular complexity index is 491. The van der Waals surface area contributed by atoms with Gasteiger partial charge < -0.3 is 19.8 Å². The highest BCUT2D eigenvalue weighted by atomic mass is 16.5. The van der Waals surface area contributed by atoms with E-state index in [0.717, 1.165) is 23.0 Å². The van der Waals surface area contributed by atoms with E-state index in [1.807, 2.05) is 43.4 Å². The number of furan rings is 1. The zero-order valence-electron chi connectivity index (χ0n) is 10.7. The maximum absolute atomic E-state index is 5.58. The minimum absolute atomic E-state index is 0.437. The molecule has 4 heteroatoms. The molecule has 18 heavy (non-hydrogen) atoms. The lowest BCUT2D eigenvalue weighted by molar-refractivity contribution is 0.415. The van der Waals surface area contributed by atoms with Gasteiger partial charge in [0.05, 0.1) is 20.2 Å². The molecule has 96 valence electrons. The van der Waals surface area contributed by atoms with Crippen LogP contribution in [0.1, 0.15) is 11.5 Å². The number of benzene rings is 1. The van der Waals surface area contributed by atoms with Gasteiger partial charge in [-0.05, 0) is 36.4 Å². The van der Waals surface area contributed by atoms with Gasteiger partial charge in [0.15, 0.2) is 0 Å². The first-order chi connectivity index (χ1) is 8.72. The summed E-state index contributed by atoms with van der Waals surface area (Å²) in [6.45, 7) is 1.15. The number of methoxy groups -OCH3 is 1. The van der Waals surface area contributed by atoms with Crippen molar-refractivity contribution < 1.29 is 9.15 Å². The van der Waals surface area contributed by atoms with Crippen molar-refractivity contribution in [2.75, 3.05) is 19.1 Å². The van der Waals surface area contributed by atoms with E-state index in [-0.39, 0.29) is 0 Å². The first-order valence-corrected chi connectivity index (χ1v) is 5.86. The lowest BCUT2D eigenvalue weighted by Crippen LogP contribution is -2.15. The van der Waals surface area contributed by atoms with Gasteiger partial charge in [0, 0.05) is 12.7 Å². The van der Waals surface area contributed by atoms with Crippen molar-refractivity contribution >= 4 is 5.69 Å². The predicted molar refractivity (Wildman–Crippen MR) is 71.7 cm³/mol. The van der Waals surface area contributed by atoms with Gasteiger partial charge in [-0.2, -0.15) is 0 Å². The Morgan fingerprint density at radius 2 is 1.78 bits per heavy atom. The molecule has 0 atom stereocenters. The molecule has 0 aliphatic heterocycles. The van der Waals surface area contributed by atoms with Crippen LogP contribution in [0, 0.1) is 0 Å². The van der Waals surface area contributed by atoms with Crippen molar-refractivity contribution in [2.45, 2.75) is 13.1 Å². The van der Waals surface area contributed by atoms with E-state index in [9.17, 15) is 0 Å². The van der Waals surface area contributed by atoms with E-state index in [1.54, 1.807) is 7.11 Å². The highest BCUT2D eigenvalue weighted by Crippen LogP contribution is 2.20. The van der Waals surface area contributed by atoms with Crippen molar-refractivity contribution in [3.8, 4) is 5.75 Å². The Balaban J connectivity index is 2.03. The third kappa shape index (κ3) is 2.84. The first kappa shape index (κ1) is 12.5. The van der Waals surface area contributed by atoms with Gasteiger partial charge in [-0.25, -0.2) is 0 Å². The second kappa shape index (κ2) is 5.60. The molecule has 1 heterocycles. The van der Waals surface area contributed by atoms with Gasteiger partial charge in [0.25, 0.3) is 0 Å². The average molecular weight is 246 g/mol. The molecule has 1 aromatic heterocycles. The number of ether oxygens (including phenoxy) is 1. The lowest BCUT2D eigenvalue weighted by atomic mass is 10.2. The summed E-state index contributed by atoms with van der Waals surface area (Å²) < 4.78 is 10.7. The third-order valence-electron chi connectivity index (χ3n) is 2.82. The van der Waals surface area contributed by atoms with Crippen LogP contribution in [-0.2, 0) is 13.1 Å². The van der Waals surface area contributed by atoms with Gasteiger partial charge in [0.1, 0.15) is 17.3 Å². The van der Waals surface area contributed by atoms with Crippen molar-refractivity contribution in [3.63, 3.8) is 0 Å². The van der Waals surface area contributed by atoms with Gasteiger partial charge >= 0.3 is 0 Å². The van der Waals surface area contributed by atoms with Crippen molar-refractivity contribution in [1.82, 2.24) is 0 Å². The summed E-state index contributed by atoms with van der Waals surface area (Å²) >= 11 is 0.